The molecule has 0 spiro atoms. The van der Waals surface area contributed by atoms with Gasteiger partial charge in [0.1, 0.15) is 11.9 Å². The average molecular weight is 204 g/mol. The molecule has 15 heavy (non-hydrogen) atoms. The molecule has 2 nitrogen and oxygen atoms in total. The van der Waals surface area contributed by atoms with E-state index in [0.29, 0.717) is 5.56 Å². The van der Waals surface area contributed by atoms with Crippen LogP contribution in [0.3, 0.4) is 0 Å². The van der Waals surface area contributed by atoms with Crippen LogP contribution in [0.1, 0.15) is 24.8 Å². The Labute approximate surface area is 88.9 Å². The number of anilines is 1. The fraction of sp³-hybridized carbons (Fsp3) is 0.417. The summed E-state index contributed by atoms with van der Waals surface area (Å²) in [6.45, 7) is 1.86. The zero-order valence-electron chi connectivity index (χ0n) is 8.54. The monoisotopic (exact) mass is 204 g/mol. The van der Waals surface area contributed by atoms with Crippen molar-refractivity contribution in [1.82, 2.24) is 0 Å². The smallest absolute Gasteiger partial charge is 0.125 e. The molecule has 0 unspecified atom stereocenters. The van der Waals surface area contributed by atoms with Crippen LogP contribution < -0.4 is 4.90 Å². The Morgan fingerprint density at radius 1 is 1.20 bits per heavy atom. The van der Waals surface area contributed by atoms with E-state index in [4.69, 9.17) is 5.26 Å². The van der Waals surface area contributed by atoms with Gasteiger partial charge in [-0.15, -0.1) is 0 Å². The van der Waals surface area contributed by atoms with Crippen LogP contribution in [0.2, 0.25) is 0 Å². The molecule has 3 heteroatoms. The molecule has 1 aliphatic heterocycles. The predicted molar refractivity (Wildman–Crippen MR) is 57.2 cm³/mol. The fourth-order valence-electron chi connectivity index (χ4n) is 2.00. The number of hydrogen-bond donors (Lipinski definition) is 0. The highest BCUT2D eigenvalue weighted by atomic mass is 19.1. The maximum atomic E-state index is 13.1. The Morgan fingerprint density at radius 3 is 2.60 bits per heavy atom. The average Bonchev–Trinajstić information content (AvgIpc) is 2.30. The van der Waals surface area contributed by atoms with Crippen molar-refractivity contribution in [3.8, 4) is 6.07 Å². The van der Waals surface area contributed by atoms with E-state index >= 15 is 0 Å². The second-order valence-electron chi connectivity index (χ2n) is 3.82. The summed E-state index contributed by atoms with van der Waals surface area (Å²) in [5.41, 5.74) is 1.32. The van der Waals surface area contributed by atoms with Gasteiger partial charge in [-0.25, -0.2) is 4.39 Å². The van der Waals surface area contributed by atoms with Crippen molar-refractivity contribution >= 4 is 5.69 Å². The second-order valence-corrected chi connectivity index (χ2v) is 3.82. The van der Waals surface area contributed by atoms with Gasteiger partial charge in [0.25, 0.3) is 0 Å². The maximum Gasteiger partial charge on any atom is 0.125 e. The zero-order valence-corrected chi connectivity index (χ0v) is 8.54. The topological polar surface area (TPSA) is 27.0 Å². The molecule has 1 saturated heterocycles. The van der Waals surface area contributed by atoms with E-state index in [-0.39, 0.29) is 5.82 Å². The van der Waals surface area contributed by atoms with Gasteiger partial charge in [0.2, 0.25) is 0 Å². The summed E-state index contributed by atoms with van der Waals surface area (Å²) in [7, 11) is 0. The van der Waals surface area contributed by atoms with E-state index in [1.54, 1.807) is 6.07 Å². The third-order valence-electron chi connectivity index (χ3n) is 2.78. The summed E-state index contributed by atoms with van der Waals surface area (Å²) in [4.78, 5) is 2.10. The van der Waals surface area contributed by atoms with Crippen molar-refractivity contribution in [2.45, 2.75) is 19.3 Å². The van der Waals surface area contributed by atoms with Crippen LogP contribution >= 0.6 is 0 Å². The zero-order chi connectivity index (χ0) is 10.7. The SMILES string of the molecule is N#Cc1ccc(F)cc1N1CCCCC1. The van der Waals surface area contributed by atoms with Crippen molar-refractivity contribution in [2.24, 2.45) is 0 Å². The van der Waals surface area contributed by atoms with E-state index in [1.165, 1.54) is 18.6 Å². The number of halogens is 1. The third-order valence-corrected chi connectivity index (χ3v) is 2.78. The lowest BCUT2D eigenvalue weighted by Crippen LogP contribution is -2.30. The van der Waals surface area contributed by atoms with Crippen molar-refractivity contribution in [2.75, 3.05) is 18.0 Å². The standard InChI is InChI=1S/C12H13FN2/c13-11-5-4-10(9-14)12(8-11)15-6-2-1-3-7-15/h4-5,8H,1-3,6-7H2. The highest BCUT2D eigenvalue weighted by molar-refractivity contribution is 5.59. The van der Waals surface area contributed by atoms with Gasteiger partial charge in [-0.3, -0.25) is 0 Å². The molecular formula is C12H13FN2. The van der Waals surface area contributed by atoms with Gasteiger partial charge in [-0.05, 0) is 37.5 Å². The molecule has 0 radical (unpaired) electrons. The van der Waals surface area contributed by atoms with Crippen LogP contribution in [-0.2, 0) is 0 Å². The molecule has 1 aliphatic rings. The predicted octanol–water partition coefficient (Wildman–Crippen LogP) is 2.69. The van der Waals surface area contributed by atoms with E-state index in [1.807, 2.05) is 0 Å². The minimum absolute atomic E-state index is 0.269. The van der Waals surface area contributed by atoms with Gasteiger partial charge in [0, 0.05) is 13.1 Å². The number of piperidine rings is 1. The molecule has 0 aromatic heterocycles. The van der Waals surface area contributed by atoms with Gasteiger partial charge in [0.15, 0.2) is 0 Å². The maximum absolute atomic E-state index is 13.1. The summed E-state index contributed by atoms with van der Waals surface area (Å²) >= 11 is 0. The molecule has 0 bridgehead atoms. The molecule has 1 aromatic carbocycles. The lowest BCUT2D eigenvalue weighted by atomic mass is 10.1. The van der Waals surface area contributed by atoms with Crippen molar-refractivity contribution < 1.29 is 4.39 Å². The minimum atomic E-state index is -0.269. The number of benzene rings is 1. The Kier molecular flexibility index (Phi) is 2.86. The number of rotatable bonds is 1. The lowest BCUT2D eigenvalue weighted by molar-refractivity contribution is 0.573. The first kappa shape index (κ1) is 9.97. The second kappa shape index (κ2) is 4.31. The molecule has 0 atom stereocenters. The van der Waals surface area contributed by atoms with Crippen LogP contribution in [0.4, 0.5) is 10.1 Å². The summed E-state index contributed by atoms with van der Waals surface area (Å²) in [5, 5.41) is 8.94. The molecule has 0 N–H and O–H groups in total. The van der Waals surface area contributed by atoms with Crippen molar-refractivity contribution in [1.29, 1.82) is 5.26 Å². The van der Waals surface area contributed by atoms with Crippen LogP contribution in [0.5, 0.6) is 0 Å². The molecule has 0 saturated carbocycles. The van der Waals surface area contributed by atoms with E-state index in [2.05, 4.69) is 11.0 Å². The third kappa shape index (κ3) is 2.10. The molecule has 1 heterocycles. The van der Waals surface area contributed by atoms with E-state index < -0.39 is 0 Å². The molecular weight excluding hydrogens is 191 g/mol. The quantitative estimate of drug-likeness (QED) is 0.703. The summed E-state index contributed by atoms with van der Waals surface area (Å²) < 4.78 is 13.1. The van der Waals surface area contributed by atoms with Gasteiger partial charge in [-0.2, -0.15) is 5.26 Å². The normalized spacial score (nSPS) is 16.1. The summed E-state index contributed by atoms with van der Waals surface area (Å²) in [6.07, 6.45) is 3.48. The highest BCUT2D eigenvalue weighted by Gasteiger charge is 2.14. The first-order chi connectivity index (χ1) is 7.31. The van der Waals surface area contributed by atoms with Crippen molar-refractivity contribution in [3.63, 3.8) is 0 Å². The van der Waals surface area contributed by atoms with Gasteiger partial charge in [-0.1, -0.05) is 0 Å². The fourth-order valence-corrected chi connectivity index (χ4v) is 2.00. The Bertz CT molecular complexity index is 389. The van der Waals surface area contributed by atoms with Crippen LogP contribution in [-0.4, -0.2) is 13.1 Å². The van der Waals surface area contributed by atoms with Gasteiger partial charge >= 0.3 is 0 Å². The molecule has 0 amide bonds. The molecule has 78 valence electrons. The van der Waals surface area contributed by atoms with Crippen LogP contribution in [0.25, 0.3) is 0 Å². The summed E-state index contributed by atoms with van der Waals surface area (Å²) in [5.74, 6) is -0.269. The molecule has 1 fully saturated rings. The van der Waals surface area contributed by atoms with Crippen LogP contribution in [0.15, 0.2) is 18.2 Å². The Hall–Kier alpha value is -1.56. The van der Waals surface area contributed by atoms with Gasteiger partial charge in [0.05, 0.1) is 11.3 Å². The van der Waals surface area contributed by atoms with Crippen LogP contribution in [0, 0.1) is 17.1 Å². The molecule has 2 rings (SSSR count). The van der Waals surface area contributed by atoms with Gasteiger partial charge < -0.3 is 4.90 Å². The first-order valence-electron chi connectivity index (χ1n) is 5.26. The highest BCUT2D eigenvalue weighted by Crippen LogP contribution is 2.24. The van der Waals surface area contributed by atoms with E-state index in [0.717, 1.165) is 31.6 Å². The molecule has 1 aromatic rings. The van der Waals surface area contributed by atoms with Crippen molar-refractivity contribution in [3.05, 3.63) is 29.6 Å². The molecule has 0 aliphatic carbocycles. The largest absolute Gasteiger partial charge is 0.370 e. The summed E-state index contributed by atoms with van der Waals surface area (Å²) in [6, 6.07) is 6.47. The minimum Gasteiger partial charge on any atom is -0.370 e. The lowest BCUT2D eigenvalue weighted by Gasteiger charge is -2.29. The Morgan fingerprint density at radius 2 is 1.93 bits per heavy atom. The number of nitriles is 1. The Balaban J connectivity index is 2.32. The first-order valence-corrected chi connectivity index (χ1v) is 5.26. The van der Waals surface area contributed by atoms with E-state index in [9.17, 15) is 4.39 Å². The number of nitrogens with zero attached hydrogens (tertiary/aromatic N) is 2. The number of hydrogen-bond acceptors (Lipinski definition) is 2.